The Balaban J connectivity index is 1.61. The van der Waals surface area contributed by atoms with Gasteiger partial charge in [-0.2, -0.15) is 0 Å². The van der Waals surface area contributed by atoms with Crippen LogP contribution in [0.2, 0.25) is 5.02 Å². The zero-order valence-electron chi connectivity index (χ0n) is 14.5. The fourth-order valence-electron chi connectivity index (χ4n) is 3.52. The number of pyridine rings is 1. The topological polar surface area (TPSA) is 37.0 Å². The third-order valence-electron chi connectivity index (χ3n) is 4.90. The average molecular weight is 374 g/mol. The first-order valence-electron chi connectivity index (χ1n) is 8.81. The smallest absolute Gasteiger partial charge is 0.172 e. The zero-order chi connectivity index (χ0) is 17.7. The molecule has 1 aromatic heterocycles. The molecule has 0 spiro atoms. The van der Waals surface area contributed by atoms with Crippen LogP contribution in [0.15, 0.2) is 42.6 Å². The van der Waals surface area contributed by atoms with E-state index in [0.717, 1.165) is 36.5 Å². The third-order valence-corrected chi connectivity index (χ3v) is 5.36. The van der Waals surface area contributed by atoms with Crippen molar-refractivity contribution in [1.29, 1.82) is 0 Å². The molecule has 1 fully saturated rings. The highest BCUT2D eigenvalue weighted by Gasteiger charge is 2.34. The van der Waals surface area contributed by atoms with Gasteiger partial charge in [0.25, 0.3) is 0 Å². The van der Waals surface area contributed by atoms with Gasteiger partial charge in [-0.1, -0.05) is 36.6 Å². The van der Waals surface area contributed by atoms with Crippen molar-refractivity contribution in [3.8, 4) is 0 Å². The van der Waals surface area contributed by atoms with Crippen molar-refractivity contribution in [2.24, 2.45) is 0 Å². The second-order valence-corrected chi connectivity index (χ2v) is 7.76. The van der Waals surface area contributed by atoms with Crippen molar-refractivity contribution in [3.05, 3.63) is 58.7 Å². The van der Waals surface area contributed by atoms with E-state index in [-0.39, 0.29) is 5.54 Å². The van der Waals surface area contributed by atoms with Crippen LogP contribution in [0.3, 0.4) is 0 Å². The number of aromatic nitrogens is 1. The predicted molar refractivity (Wildman–Crippen MR) is 109 cm³/mol. The van der Waals surface area contributed by atoms with E-state index in [1.807, 2.05) is 31.2 Å². The van der Waals surface area contributed by atoms with Crippen molar-refractivity contribution in [3.63, 3.8) is 0 Å². The number of rotatable bonds is 5. The summed E-state index contributed by atoms with van der Waals surface area (Å²) in [6.07, 6.45) is 8.70. The first kappa shape index (κ1) is 18.2. The quantitative estimate of drug-likeness (QED) is 0.699. The van der Waals surface area contributed by atoms with Crippen LogP contribution in [0.25, 0.3) is 0 Å². The second-order valence-electron chi connectivity index (χ2n) is 6.91. The van der Waals surface area contributed by atoms with Gasteiger partial charge in [-0.3, -0.25) is 0 Å². The first-order chi connectivity index (χ1) is 12.0. The molecular formula is C20H24ClN3S. The van der Waals surface area contributed by atoms with Crippen molar-refractivity contribution in [2.75, 3.05) is 5.32 Å². The molecule has 2 aromatic rings. The Bertz CT molecular complexity index is 724. The minimum Gasteiger partial charge on any atom is -0.357 e. The normalized spacial score (nSPS) is 15.8. The van der Waals surface area contributed by atoms with E-state index in [1.165, 1.54) is 24.0 Å². The Labute approximate surface area is 160 Å². The molecule has 1 heterocycles. The summed E-state index contributed by atoms with van der Waals surface area (Å²) in [5.41, 5.74) is 2.56. The van der Waals surface area contributed by atoms with Crippen molar-refractivity contribution < 1.29 is 0 Å². The van der Waals surface area contributed by atoms with E-state index >= 15 is 0 Å². The standard InChI is InChI=1S/C20H24ClN3S/c1-15-9-13-22-18(14-15)23-19(25)24-20(10-2-3-11-20)12-8-16-4-6-17(21)7-5-16/h4-7,9,13-14H,2-3,8,10-12H2,1H3,(H2,22,23,24,25). The highest BCUT2D eigenvalue weighted by Crippen LogP contribution is 2.34. The lowest BCUT2D eigenvalue weighted by Crippen LogP contribution is -2.48. The zero-order valence-corrected chi connectivity index (χ0v) is 16.1. The number of benzene rings is 1. The number of nitrogens with one attached hydrogen (secondary N) is 2. The summed E-state index contributed by atoms with van der Waals surface area (Å²) in [5, 5.41) is 8.28. The van der Waals surface area contributed by atoms with Gasteiger partial charge in [0.2, 0.25) is 0 Å². The van der Waals surface area contributed by atoms with Crippen LogP contribution >= 0.6 is 23.8 Å². The van der Waals surface area contributed by atoms with Crippen LogP contribution in [0.1, 0.15) is 43.2 Å². The highest BCUT2D eigenvalue weighted by molar-refractivity contribution is 7.80. The van der Waals surface area contributed by atoms with Gasteiger partial charge in [0.05, 0.1) is 0 Å². The lowest BCUT2D eigenvalue weighted by Gasteiger charge is -2.32. The minimum absolute atomic E-state index is 0.0769. The summed E-state index contributed by atoms with van der Waals surface area (Å²) in [5.74, 6) is 0.795. The summed E-state index contributed by atoms with van der Waals surface area (Å²) < 4.78 is 0. The Morgan fingerprint density at radius 3 is 2.60 bits per heavy atom. The molecular weight excluding hydrogens is 350 g/mol. The molecule has 0 unspecified atom stereocenters. The Hall–Kier alpha value is -1.65. The number of hydrogen-bond acceptors (Lipinski definition) is 2. The maximum absolute atomic E-state index is 5.98. The maximum atomic E-state index is 5.98. The van der Waals surface area contributed by atoms with E-state index in [9.17, 15) is 0 Å². The van der Waals surface area contributed by atoms with Gasteiger partial charge in [-0.15, -0.1) is 0 Å². The molecule has 1 aliphatic carbocycles. The first-order valence-corrected chi connectivity index (χ1v) is 9.60. The van der Waals surface area contributed by atoms with Gasteiger partial charge in [-0.05, 0) is 80.2 Å². The van der Waals surface area contributed by atoms with Crippen molar-refractivity contribution >= 4 is 34.7 Å². The van der Waals surface area contributed by atoms with Crippen LogP contribution < -0.4 is 10.6 Å². The molecule has 5 heteroatoms. The van der Waals surface area contributed by atoms with Crippen LogP contribution in [-0.4, -0.2) is 15.6 Å². The van der Waals surface area contributed by atoms with Gasteiger partial charge in [0, 0.05) is 16.8 Å². The van der Waals surface area contributed by atoms with Crippen LogP contribution in [0.4, 0.5) is 5.82 Å². The fourth-order valence-corrected chi connectivity index (χ4v) is 3.96. The van der Waals surface area contributed by atoms with Gasteiger partial charge < -0.3 is 10.6 Å². The Morgan fingerprint density at radius 2 is 1.92 bits per heavy atom. The van der Waals surface area contributed by atoms with E-state index < -0.39 is 0 Å². The lowest BCUT2D eigenvalue weighted by molar-refractivity contribution is 0.362. The summed E-state index contributed by atoms with van der Waals surface area (Å²) in [4.78, 5) is 4.33. The lowest BCUT2D eigenvalue weighted by atomic mass is 9.89. The molecule has 3 nitrogen and oxygen atoms in total. The fraction of sp³-hybridized carbons (Fsp3) is 0.400. The van der Waals surface area contributed by atoms with E-state index in [0.29, 0.717) is 5.11 Å². The molecule has 2 N–H and O–H groups in total. The van der Waals surface area contributed by atoms with E-state index in [2.05, 4.69) is 27.8 Å². The number of halogens is 1. The molecule has 132 valence electrons. The largest absolute Gasteiger partial charge is 0.357 e. The molecule has 1 aliphatic rings. The highest BCUT2D eigenvalue weighted by atomic mass is 35.5. The van der Waals surface area contributed by atoms with Crippen LogP contribution in [-0.2, 0) is 6.42 Å². The molecule has 0 bridgehead atoms. The van der Waals surface area contributed by atoms with E-state index in [1.54, 1.807) is 6.20 Å². The van der Waals surface area contributed by atoms with Gasteiger partial charge in [-0.25, -0.2) is 4.98 Å². The Kier molecular flexibility index (Phi) is 5.92. The van der Waals surface area contributed by atoms with Gasteiger partial charge in [0.1, 0.15) is 5.82 Å². The predicted octanol–water partition coefficient (Wildman–Crippen LogP) is 5.28. The SMILES string of the molecule is Cc1ccnc(NC(=S)NC2(CCc3ccc(Cl)cc3)CCCC2)c1. The number of hydrogen-bond donors (Lipinski definition) is 2. The molecule has 3 rings (SSSR count). The molecule has 0 saturated heterocycles. The van der Waals surface area contributed by atoms with Crippen LogP contribution in [0, 0.1) is 6.92 Å². The number of aryl methyl sites for hydroxylation is 2. The number of anilines is 1. The second kappa shape index (κ2) is 8.15. The van der Waals surface area contributed by atoms with Crippen molar-refractivity contribution in [2.45, 2.75) is 51.0 Å². The molecule has 1 aromatic carbocycles. The summed E-state index contributed by atoms with van der Waals surface area (Å²) in [6, 6.07) is 12.1. The molecule has 0 atom stereocenters. The average Bonchev–Trinajstić information content (AvgIpc) is 3.03. The van der Waals surface area contributed by atoms with E-state index in [4.69, 9.17) is 23.8 Å². The van der Waals surface area contributed by atoms with Gasteiger partial charge in [0.15, 0.2) is 5.11 Å². The summed E-state index contributed by atoms with van der Waals surface area (Å²) in [7, 11) is 0. The molecule has 0 amide bonds. The molecule has 1 saturated carbocycles. The maximum Gasteiger partial charge on any atom is 0.172 e. The number of thiocarbonyl (C=S) groups is 1. The van der Waals surface area contributed by atoms with Crippen molar-refractivity contribution in [1.82, 2.24) is 10.3 Å². The minimum atomic E-state index is 0.0769. The Morgan fingerprint density at radius 1 is 1.20 bits per heavy atom. The van der Waals surface area contributed by atoms with Gasteiger partial charge >= 0.3 is 0 Å². The molecule has 0 aliphatic heterocycles. The third kappa shape index (κ3) is 5.16. The summed E-state index contributed by atoms with van der Waals surface area (Å²) >= 11 is 11.5. The molecule has 0 radical (unpaired) electrons. The summed E-state index contributed by atoms with van der Waals surface area (Å²) in [6.45, 7) is 2.05. The number of nitrogens with zero attached hydrogens (tertiary/aromatic N) is 1. The monoisotopic (exact) mass is 373 g/mol. The van der Waals surface area contributed by atoms with Crippen LogP contribution in [0.5, 0.6) is 0 Å². The molecule has 25 heavy (non-hydrogen) atoms.